The molecular formula is C15H16N4O3. The maximum atomic E-state index is 11.7. The zero-order valence-electron chi connectivity index (χ0n) is 12.3. The van der Waals surface area contributed by atoms with Crippen molar-refractivity contribution in [2.75, 3.05) is 6.61 Å². The van der Waals surface area contributed by atoms with Gasteiger partial charge in [-0.3, -0.25) is 25.4 Å². The summed E-state index contributed by atoms with van der Waals surface area (Å²) in [7, 11) is 0. The van der Waals surface area contributed by atoms with E-state index < -0.39 is 11.8 Å². The Balaban J connectivity index is 1.81. The number of hydrazine groups is 1. The van der Waals surface area contributed by atoms with E-state index in [9.17, 15) is 9.59 Å². The van der Waals surface area contributed by atoms with Crippen LogP contribution in [0.1, 0.15) is 21.6 Å². The first-order valence-corrected chi connectivity index (χ1v) is 6.61. The Morgan fingerprint density at radius 3 is 2.73 bits per heavy atom. The van der Waals surface area contributed by atoms with Crippen LogP contribution in [0, 0.1) is 13.8 Å². The van der Waals surface area contributed by atoms with Crippen LogP contribution in [0.5, 0.6) is 5.75 Å². The van der Waals surface area contributed by atoms with E-state index in [2.05, 4.69) is 20.8 Å². The highest BCUT2D eigenvalue weighted by Gasteiger charge is 2.09. The van der Waals surface area contributed by atoms with Gasteiger partial charge in [0.2, 0.25) is 0 Å². The average Bonchev–Trinajstić information content (AvgIpc) is 2.54. The fourth-order valence-corrected chi connectivity index (χ4v) is 1.65. The largest absolute Gasteiger partial charge is 0.483 e. The first-order chi connectivity index (χ1) is 10.6. The summed E-state index contributed by atoms with van der Waals surface area (Å²) in [5, 5.41) is 0. The third kappa shape index (κ3) is 4.27. The Morgan fingerprint density at radius 2 is 2.00 bits per heavy atom. The second-order valence-corrected chi connectivity index (χ2v) is 4.65. The number of aromatic nitrogens is 2. The molecular weight excluding hydrogens is 284 g/mol. The van der Waals surface area contributed by atoms with Crippen LogP contribution in [0.2, 0.25) is 0 Å². The standard InChI is InChI=1S/C15H16N4O3/c1-10-3-4-11(2)13(7-10)22-9-14(20)18-19-15(21)12-8-16-5-6-17-12/h3-8H,9H2,1-2H3,(H,18,20)(H,19,21). The minimum Gasteiger partial charge on any atom is -0.483 e. The first-order valence-electron chi connectivity index (χ1n) is 6.61. The van der Waals surface area contributed by atoms with E-state index in [0.717, 1.165) is 11.1 Å². The highest BCUT2D eigenvalue weighted by Crippen LogP contribution is 2.18. The molecule has 0 spiro atoms. The summed E-state index contributed by atoms with van der Waals surface area (Å²) in [5.74, 6) is -0.387. The molecule has 2 rings (SSSR count). The van der Waals surface area contributed by atoms with E-state index in [1.165, 1.54) is 18.6 Å². The van der Waals surface area contributed by atoms with Crippen LogP contribution in [0.4, 0.5) is 0 Å². The third-order valence-electron chi connectivity index (χ3n) is 2.81. The maximum Gasteiger partial charge on any atom is 0.289 e. The minimum atomic E-state index is -0.548. The molecule has 0 fully saturated rings. The fourth-order valence-electron chi connectivity index (χ4n) is 1.65. The van der Waals surface area contributed by atoms with Crippen LogP contribution in [-0.2, 0) is 4.79 Å². The van der Waals surface area contributed by atoms with Crippen LogP contribution >= 0.6 is 0 Å². The number of ether oxygens (including phenoxy) is 1. The Bertz CT molecular complexity index is 674. The van der Waals surface area contributed by atoms with Gasteiger partial charge in [-0.2, -0.15) is 0 Å². The molecule has 0 aliphatic rings. The molecule has 0 atom stereocenters. The summed E-state index contributed by atoms with van der Waals surface area (Å²) in [4.78, 5) is 30.9. The summed E-state index contributed by atoms with van der Waals surface area (Å²) in [5.41, 5.74) is 6.57. The molecule has 7 heteroatoms. The molecule has 0 aliphatic heterocycles. The monoisotopic (exact) mass is 300 g/mol. The molecule has 0 bridgehead atoms. The smallest absolute Gasteiger partial charge is 0.289 e. The van der Waals surface area contributed by atoms with Gasteiger partial charge < -0.3 is 4.74 Å². The number of aryl methyl sites for hydroxylation is 2. The van der Waals surface area contributed by atoms with Gasteiger partial charge >= 0.3 is 0 Å². The number of benzene rings is 1. The lowest BCUT2D eigenvalue weighted by Crippen LogP contribution is -2.44. The zero-order chi connectivity index (χ0) is 15.9. The Kier molecular flexibility index (Phi) is 5.02. The van der Waals surface area contributed by atoms with E-state index in [1.54, 1.807) is 0 Å². The van der Waals surface area contributed by atoms with Crippen molar-refractivity contribution < 1.29 is 14.3 Å². The topological polar surface area (TPSA) is 93.2 Å². The van der Waals surface area contributed by atoms with Gasteiger partial charge in [0.05, 0.1) is 6.20 Å². The number of nitrogens with one attached hydrogen (secondary N) is 2. The van der Waals surface area contributed by atoms with Gasteiger partial charge in [-0.1, -0.05) is 12.1 Å². The van der Waals surface area contributed by atoms with Gasteiger partial charge in [-0.05, 0) is 31.0 Å². The molecule has 2 amide bonds. The van der Waals surface area contributed by atoms with Crippen molar-refractivity contribution in [3.63, 3.8) is 0 Å². The Morgan fingerprint density at radius 1 is 1.18 bits per heavy atom. The number of amides is 2. The van der Waals surface area contributed by atoms with E-state index in [4.69, 9.17) is 4.74 Å². The first kappa shape index (κ1) is 15.4. The summed E-state index contributed by atoms with van der Waals surface area (Å²) in [6.07, 6.45) is 4.14. The van der Waals surface area contributed by atoms with Crippen LogP contribution < -0.4 is 15.6 Å². The molecule has 0 radical (unpaired) electrons. The van der Waals surface area contributed by atoms with Gasteiger partial charge in [-0.25, -0.2) is 4.98 Å². The maximum absolute atomic E-state index is 11.7. The quantitative estimate of drug-likeness (QED) is 0.819. The fraction of sp³-hybridized carbons (Fsp3) is 0.200. The summed E-state index contributed by atoms with van der Waals surface area (Å²) < 4.78 is 5.43. The van der Waals surface area contributed by atoms with E-state index >= 15 is 0 Å². The van der Waals surface area contributed by atoms with E-state index in [-0.39, 0.29) is 12.3 Å². The molecule has 0 unspecified atom stereocenters. The number of hydrogen-bond acceptors (Lipinski definition) is 5. The zero-order valence-corrected chi connectivity index (χ0v) is 12.3. The third-order valence-corrected chi connectivity index (χ3v) is 2.81. The highest BCUT2D eigenvalue weighted by atomic mass is 16.5. The molecule has 1 aromatic heterocycles. The van der Waals surface area contributed by atoms with Crippen molar-refractivity contribution in [3.05, 3.63) is 53.6 Å². The van der Waals surface area contributed by atoms with Gasteiger partial charge in [0.15, 0.2) is 6.61 Å². The lowest BCUT2D eigenvalue weighted by atomic mass is 10.1. The van der Waals surface area contributed by atoms with Crippen molar-refractivity contribution >= 4 is 11.8 Å². The molecule has 114 valence electrons. The van der Waals surface area contributed by atoms with E-state index in [1.807, 2.05) is 32.0 Å². The van der Waals surface area contributed by atoms with Crippen LogP contribution in [0.15, 0.2) is 36.8 Å². The van der Waals surface area contributed by atoms with Crippen LogP contribution in [-0.4, -0.2) is 28.4 Å². The Labute approximate surface area is 127 Å². The molecule has 0 aliphatic carbocycles. The van der Waals surface area contributed by atoms with Crippen molar-refractivity contribution in [1.29, 1.82) is 0 Å². The molecule has 2 aromatic rings. The molecule has 1 aromatic carbocycles. The summed E-state index contributed by atoms with van der Waals surface area (Å²) in [6.45, 7) is 3.63. The molecule has 2 N–H and O–H groups in total. The Hall–Kier alpha value is -2.96. The normalized spacial score (nSPS) is 9.91. The van der Waals surface area contributed by atoms with Gasteiger partial charge in [0, 0.05) is 12.4 Å². The SMILES string of the molecule is Cc1ccc(C)c(OCC(=O)NNC(=O)c2cnccn2)c1. The van der Waals surface area contributed by atoms with Gasteiger partial charge in [0.1, 0.15) is 11.4 Å². The van der Waals surface area contributed by atoms with Gasteiger partial charge in [0.25, 0.3) is 11.8 Å². The molecule has 0 saturated heterocycles. The predicted octanol–water partition coefficient (Wildman–Crippen LogP) is 0.933. The van der Waals surface area contributed by atoms with E-state index in [0.29, 0.717) is 5.75 Å². The molecule has 7 nitrogen and oxygen atoms in total. The lowest BCUT2D eigenvalue weighted by molar-refractivity contribution is -0.123. The molecule has 22 heavy (non-hydrogen) atoms. The highest BCUT2D eigenvalue weighted by molar-refractivity contribution is 5.93. The average molecular weight is 300 g/mol. The van der Waals surface area contributed by atoms with Crippen LogP contribution in [0.25, 0.3) is 0 Å². The number of rotatable bonds is 4. The molecule has 1 heterocycles. The van der Waals surface area contributed by atoms with Crippen molar-refractivity contribution in [2.45, 2.75) is 13.8 Å². The van der Waals surface area contributed by atoms with Crippen molar-refractivity contribution in [2.24, 2.45) is 0 Å². The second kappa shape index (κ2) is 7.16. The number of nitrogens with zero attached hydrogens (tertiary/aromatic N) is 2. The summed E-state index contributed by atoms with van der Waals surface area (Å²) in [6, 6.07) is 5.72. The van der Waals surface area contributed by atoms with Crippen molar-refractivity contribution in [1.82, 2.24) is 20.8 Å². The molecule has 0 saturated carbocycles. The number of carbonyl (C=O) groups excluding carboxylic acids is 2. The summed E-state index contributed by atoms with van der Waals surface area (Å²) >= 11 is 0. The predicted molar refractivity (Wildman–Crippen MR) is 79.1 cm³/mol. The number of carbonyl (C=O) groups is 2. The second-order valence-electron chi connectivity index (χ2n) is 4.65. The minimum absolute atomic E-state index is 0.109. The van der Waals surface area contributed by atoms with Crippen LogP contribution in [0.3, 0.4) is 0 Å². The lowest BCUT2D eigenvalue weighted by Gasteiger charge is -2.10. The van der Waals surface area contributed by atoms with Gasteiger partial charge in [-0.15, -0.1) is 0 Å². The number of hydrogen-bond donors (Lipinski definition) is 2. The van der Waals surface area contributed by atoms with Crippen molar-refractivity contribution in [3.8, 4) is 5.75 Å².